The third-order valence-electron chi connectivity index (χ3n) is 2.12. The molecule has 15 heavy (non-hydrogen) atoms. The molecule has 0 amide bonds. The molecular weight excluding hydrogens is 196 g/mol. The molecule has 0 heterocycles. The van der Waals surface area contributed by atoms with Gasteiger partial charge in [-0.25, -0.2) is 0 Å². The largest absolute Gasteiger partial charge is 0.321 e. The number of non-ortho nitro benzene ring substituents is 1. The Hall–Kier alpha value is -1.75. The number of carbonyl (C=O) groups excluding carboxylic acids is 1. The molecule has 1 unspecified atom stereocenters. The quantitative estimate of drug-likeness (QED) is 0.592. The second-order valence-electron chi connectivity index (χ2n) is 3.34. The molecule has 0 aromatic heterocycles. The van der Waals surface area contributed by atoms with E-state index in [1.54, 1.807) is 12.1 Å². The molecule has 0 aliphatic carbocycles. The maximum Gasteiger partial charge on any atom is 0.269 e. The van der Waals surface area contributed by atoms with E-state index in [1.807, 2.05) is 0 Å². The van der Waals surface area contributed by atoms with Crippen molar-refractivity contribution in [2.75, 3.05) is 0 Å². The normalized spacial score (nSPS) is 12.1. The first-order valence-electron chi connectivity index (χ1n) is 4.50. The van der Waals surface area contributed by atoms with Crippen molar-refractivity contribution in [1.29, 1.82) is 0 Å². The van der Waals surface area contributed by atoms with Crippen molar-refractivity contribution < 1.29 is 9.72 Å². The SMILES string of the molecule is CC(=O)C(N)Cc1ccc([N+](=O)[O-])cc1. The molecule has 1 atom stereocenters. The van der Waals surface area contributed by atoms with Gasteiger partial charge < -0.3 is 5.73 Å². The fraction of sp³-hybridized carbons (Fsp3) is 0.300. The van der Waals surface area contributed by atoms with Gasteiger partial charge in [0.05, 0.1) is 11.0 Å². The minimum Gasteiger partial charge on any atom is -0.321 e. The molecule has 0 spiro atoms. The summed E-state index contributed by atoms with van der Waals surface area (Å²) < 4.78 is 0. The maximum atomic E-state index is 10.9. The molecule has 1 rings (SSSR count). The molecule has 0 saturated heterocycles. The Balaban J connectivity index is 2.72. The van der Waals surface area contributed by atoms with Gasteiger partial charge in [0.2, 0.25) is 0 Å². The first-order chi connectivity index (χ1) is 7.00. The van der Waals surface area contributed by atoms with Gasteiger partial charge in [-0.3, -0.25) is 14.9 Å². The predicted octanol–water partition coefficient (Wildman–Crippen LogP) is 1.05. The Morgan fingerprint density at radius 1 is 1.47 bits per heavy atom. The van der Waals surface area contributed by atoms with Crippen molar-refractivity contribution in [2.45, 2.75) is 19.4 Å². The average molecular weight is 208 g/mol. The molecule has 0 fully saturated rings. The lowest BCUT2D eigenvalue weighted by atomic mass is 10.0. The van der Waals surface area contributed by atoms with E-state index in [0.717, 1.165) is 5.56 Å². The van der Waals surface area contributed by atoms with Crippen LogP contribution in [-0.2, 0) is 11.2 Å². The molecule has 0 bridgehead atoms. The molecule has 1 aromatic carbocycles. The van der Waals surface area contributed by atoms with Crippen molar-refractivity contribution in [3.8, 4) is 0 Å². The van der Waals surface area contributed by atoms with Crippen LogP contribution in [0.5, 0.6) is 0 Å². The highest BCUT2D eigenvalue weighted by Crippen LogP contribution is 2.12. The lowest BCUT2D eigenvalue weighted by Gasteiger charge is -2.06. The van der Waals surface area contributed by atoms with Crippen LogP contribution in [0, 0.1) is 10.1 Å². The van der Waals surface area contributed by atoms with Gasteiger partial charge in [0.15, 0.2) is 0 Å². The molecule has 0 radical (unpaired) electrons. The summed E-state index contributed by atoms with van der Waals surface area (Å²) in [5.74, 6) is -0.0895. The van der Waals surface area contributed by atoms with Gasteiger partial charge >= 0.3 is 0 Å². The number of carbonyl (C=O) groups is 1. The molecule has 5 heteroatoms. The molecule has 80 valence electrons. The van der Waals surface area contributed by atoms with Gasteiger partial charge in [0.1, 0.15) is 5.78 Å². The zero-order chi connectivity index (χ0) is 11.4. The van der Waals surface area contributed by atoms with Crippen LogP contribution in [0.3, 0.4) is 0 Å². The highest BCUT2D eigenvalue weighted by Gasteiger charge is 2.10. The standard InChI is InChI=1S/C10H12N2O3/c1-7(13)10(11)6-8-2-4-9(5-3-8)12(14)15/h2-5,10H,6,11H2,1H3. The van der Waals surface area contributed by atoms with Crippen molar-refractivity contribution in [3.63, 3.8) is 0 Å². The van der Waals surface area contributed by atoms with E-state index < -0.39 is 11.0 Å². The van der Waals surface area contributed by atoms with E-state index in [2.05, 4.69) is 0 Å². The molecular formula is C10H12N2O3. The van der Waals surface area contributed by atoms with E-state index in [4.69, 9.17) is 5.73 Å². The Bertz CT molecular complexity index is 373. The van der Waals surface area contributed by atoms with Gasteiger partial charge in [-0.05, 0) is 18.9 Å². The lowest BCUT2D eigenvalue weighted by molar-refractivity contribution is -0.384. The van der Waals surface area contributed by atoms with Crippen LogP contribution in [0.2, 0.25) is 0 Å². The number of hydrogen-bond donors (Lipinski definition) is 1. The first kappa shape index (κ1) is 11.3. The van der Waals surface area contributed by atoms with Gasteiger partial charge in [-0.15, -0.1) is 0 Å². The van der Waals surface area contributed by atoms with Gasteiger partial charge in [0.25, 0.3) is 5.69 Å². The summed E-state index contributed by atoms with van der Waals surface area (Å²) in [5, 5.41) is 10.4. The first-order valence-corrected chi connectivity index (χ1v) is 4.50. The number of rotatable bonds is 4. The van der Waals surface area contributed by atoms with Crippen LogP contribution >= 0.6 is 0 Å². The molecule has 0 saturated carbocycles. The third-order valence-corrected chi connectivity index (χ3v) is 2.12. The number of nitro groups is 1. The fourth-order valence-corrected chi connectivity index (χ4v) is 1.15. The minimum atomic E-state index is -0.536. The van der Waals surface area contributed by atoms with Crippen LogP contribution in [0.1, 0.15) is 12.5 Å². The van der Waals surface area contributed by atoms with E-state index >= 15 is 0 Å². The summed E-state index contributed by atoms with van der Waals surface area (Å²) in [5.41, 5.74) is 6.42. The third kappa shape index (κ3) is 3.14. The summed E-state index contributed by atoms with van der Waals surface area (Å²) >= 11 is 0. The fourth-order valence-electron chi connectivity index (χ4n) is 1.15. The monoisotopic (exact) mass is 208 g/mol. The number of hydrogen-bond acceptors (Lipinski definition) is 4. The van der Waals surface area contributed by atoms with Crippen LogP contribution in [0.15, 0.2) is 24.3 Å². The van der Waals surface area contributed by atoms with Crippen LogP contribution < -0.4 is 5.73 Å². The number of Topliss-reactive ketones (excluding diaryl/α,β-unsaturated/α-hetero) is 1. The summed E-state index contributed by atoms with van der Waals surface area (Å²) in [6, 6.07) is 5.50. The van der Waals surface area contributed by atoms with Crippen molar-refractivity contribution in [3.05, 3.63) is 39.9 Å². The Kier molecular flexibility index (Phi) is 3.51. The van der Waals surface area contributed by atoms with E-state index in [0.29, 0.717) is 6.42 Å². The van der Waals surface area contributed by atoms with E-state index in [1.165, 1.54) is 19.1 Å². The maximum absolute atomic E-state index is 10.9. The van der Waals surface area contributed by atoms with E-state index in [9.17, 15) is 14.9 Å². The molecule has 0 aliphatic rings. The molecule has 1 aromatic rings. The number of nitrogens with two attached hydrogens (primary N) is 1. The highest BCUT2D eigenvalue weighted by molar-refractivity contribution is 5.81. The van der Waals surface area contributed by atoms with Crippen molar-refractivity contribution >= 4 is 11.5 Å². The molecule has 5 nitrogen and oxygen atoms in total. The van der Waals surface area contributed by atoms with Gasteiger partial charge in [-0.2, -0.15) is 0 Å². The zero-order valence-electron chi connectivity index (χ0n) is 8.34. The van der Waals surface area contributed by atoms with Crippen LogP contribution in [-0.4, -0.2) is 16.7 Å². The Labute approximate surface area is 87.0 Å². The summed E-state index contributed by atoms with van der Waals surface area (Å²) in [6.45, 7) is 1.43. The number of ketones is 1. The lowest BCUT2D eigenvalue weighted by Crippen LogP contribution is -2.30. The zero-order valence-corrected chi connectivity index (χ0v) is 8.34. The summed E-state index contributed by atoms with van der Waals surface area (Å²) in [6.07, 6.45) is 0.410. The van der Waals surface area contributed by atoms with Gasteiger partial charge in [0, 0.05) is 12.1 Å². The second kappa shape index (κ2) is 4.65. The summed E-state index contributed by atoms with van der Waals surface area (Å²) in [4.78, 5) is 20.8. The van der Waals surface area contributed by atoms with Gasteiger partial charge in [-0.1, -0.05) is 12.1 Å². The van der Waals surface area contributed by atoms with Crippen LogP contribution in [0.25, 0.3) is 0 Å². The minimum absolute atomic E-state index is 0.0372. The number of nitrogens with zero attached hydrogens (tertiary/aromatic N) is 1. The Morgan fingerprint density at radius 3 is 2.40 bits per heavy atom. The van der Waals surface area contributed by atoms with Crippen molar-refractivity contribution in [1.82, 2.24) is 0 Å². The van der Waals surface area contributed by atoms with E-state index in [-0.39, 0.29) is 11.5 Å². The topological polar surface area (TPSA) is 86.2 Å². The second-order valence-corrected chi connectivity index (χ2v) is 3.34. The van der Waals surface area contributed by atoms with Crippen molar-refractivity contribution in [2.24, 2.45) is 5.73 Å². The molecule has 0 aliphatic heterocycles. The predicted molar refractivity (Wildman–Crippen MR) is 55.5 cm³/mol. The number of nitro benzene ring substituents is 1. The number of benzene rings is 1. The highest BCUT2D eigenvalue weighted by atomic mass is 16.6. The smallest absolute Gasteiger partial charge is 0.269 e. The van der Waals surface area contributed by atoms with Crippen LogP contribution in [0.4, 0.5) is 5.69 Å². The Morgan fingerprint density at radius 2 is 2.00 bits per heavy atom. The summed E-state index contributed by atoms with van der Waals surface area (Å²) in [7, 11) is 0. The molecule has 2 N–H and O–H groups in total. The average Bonchev–Trinajstić information content (AvgIpc) is 2.18.